The highest BCUT2D eigenvalue weighted by atomic mass is 35.5. The van der Waals surface area contributed by atoms with Crippen LogP contribution < -0.4 is 14.8 Å². The SMILES string of the molecule is O=C(Cc1cc(Cl)c2c(c1)OCCCO2)Nc1nnc(-c2ccccc2)s1. The van der Waals surface area contributed by atoms with Crippen LogP contribution in [0.2, 0.25) is 5.02 Å². The number of carbonyl (C=O) groups is 1. The van der Waals surface area contributed by atoms with Crippen molar-refractivity contribution < 1.29 is 14.3 Å². The van der Waals surface area contributed by atoms with Gasteiger partial charge in [-0.2, -0.15) is 0 Å². The van der Waals surface area contributed by atoms with E-state index in [-0.39, 0.29) is 12.3 Å². The first kappa shape index (κ1) is 17.8. The third-order valence-electron chi connectivity index (χ3n) is 3.92. The fourth-order valence-corrected chi connectivity index (χ4v) is 3.76. The maximum absolute atomic E-state index is 12.4. The molecule has 4 rings (SSSR count). The van der Waals surface area contributed by atoms with Gasteiger partial charge in [-0.25, -0.2) is 0 Å². The summed E-state index contributed by atoms with van der Waals surface area (Å²) in [4.78, 5) is 12.4. The van der Waals surface area contributed by atoms with Crippen LogP contribution in [-0.4, -0.2) is 29.3 Å². The van der Waals surface area contributed by atoms with Gasteiger partial charge < -0.3 is 14.8 Å². The number of amides is 1. The highest BCUT2D eigenvalue weighted by Crippen LogP contribution is 2.38. The summed E-state index contributed by atoms with van der Waals surface area (Å²) in [6, 6.07) is 13.2. The van der Waals surface area contributed by atoms with Gasteiger partial charge in [0.1, 0.15) is 5.01 Å². The number of nitrogens with one attached hydrogen (secondary N) is 1. The molecule has 0 radical (unpaired) electrons. The molecular formula is C19H16ClN3O3S. The monoisotopic (exact) mass is 401 g/mol. The van der Waals surface area contributed by atoms with Crippen molar-refractivity contribution in [3.63, 3.8) is 0 Å². The van der Waals surface area contributed by atoms with E-state index in [1.807, 2.05) is 30.3 Å². The molecule has 138 valence electrons. The minimum atomic E-state index is -0.198. The molecule has 2 heterocycles. The minimum Gasteiger partial charge on any atom is -0.489 e. The number of carbonyl (C=O) groups excluding carboxylic acids is 1. The average molecular weight is 402 g/mol. The summed E-state index contributed by atoms with van der Waals surface area (Å²) in [6.07, 6.45) is 0.943. The summed E-state index contributed by atoms with van der Waals surface area (Å²) in [5.74, 6) is 0.913. The lowest BCUT2D eigenvalue weighted by Gasteiger charge is -2.11. The molecule has 1 amide bonds. The number of fused-ring (bicyclic) bond motifs is 1. The lowest BCUT2D eigenvalue weighted by molar-refractivity contribution is -0.115. The van der Waals surface area contributed by atoms with E-state index in [2.05, 4.69) is 15.5 Å². The van der Waals surface area contributed by atoms with Gasteiger partial charge in [0.2, 0.25) is 11.0 Å². The maximum Gasteiger partial charge on any atom is 0.230 e. The first-order valence-corrected chi connectivity index (χ1v) is 9.65. The van der Waals surface area contributed by atoms with Crippen LogP contribution >= 0.6 is 22.9 Å². The van der Waals surface area contributed by atoms with Gasteiger partial charge in [0.05, 0.1) is 24.7 Å². The molecule has 6 nitrogen and oxygen atoms in total. The molecule has 0 spiro atoms. The van der Waals surface area contributed by atoms with Crippen molar-refractivity contribution in [2.75, 3.05) is 18.5 Å². The van der Waals surface area contributed by atoms with E-state index >= 15 is 0 Å². The first-order valence-electron chi connectivity index (χ1n) is 8.46. The number of benzene rings is 2. The highest BCUT2D eigenvalue weighted by Gasteiger charge is 2.17. The summed E-state index contributed by atoms with van der Waals surface area (Å²) in [5, 5.41) is 12.6. The summed E-state index contributed by atoms with van der Waals surface area (Å²) >= 11 is 7.61. The third kappa shape index (κ3) is 4.20. The number of nitrogens with zero attached hydrogens (tertiary/aromatic N) is 2. The molecule has 1 aromatic heterocycles. The summed E-state index contributed by atoms with van der Waals surface area (Å²) < 4.78 is 11.3. The molecule has 0 atom stereocenters. The average Bonchev–Trinajstić information content (AvgIpc) is 2.98. The molecule has 0 fully saturated rings. The summed E-state index contributed by atoms with van der Waals surface area (Å²) in [6.45, 7) is 1.12. The molecule has 8 heteroatoms. The number of rotatable bonds is 4. The third-order valence-corrected chi connectivity index (χ3v) is 5.09. The Morgan fingerprint density at radius 2 is 1.96 bits per heavy atom. The minimum absolute atomic E-state index is 0.149. The zero-order valence-electron chi connectivity index (χ0n) is 14.3. The van der Waals surface area contributed by atoms with E-state index < -0.39 is 0 Å². The molecular weight excluding hydrogens is 386 g/mol. The van der Waals surface area contributed by atoms with Gasteiger partial charge in [-0.1, -0.05) is 53.3 Å². The van der Waals surface area contributed by atoms with Gasteiger partial charge in [-0.15, -0.1) is 10.2 Å². The summed E-state index contributed by atoms with van der Waals surface area (Å²) in [7, 11) is 0. The van der Waals surface area contributed by atoms with Crippen molar-refractivity contribution in [3.05, 3.63) is 53.1 Å². The Hall–Kier alpha value is -2.64. The predicted octanol–water partition coefficient (Wildman–Crippen LogP) is 4.20. The van der Waals surface area contributed by atoms with Crippen molar-refractivity contribution in [2.45, 2.75) is 12.8 Å². The molecule has 0 aliphatic carbocycles. The van der Waals surface area contributed by atoms with E-state index in [0.717, 1.165) is 22.6 Å². The molecule has 1 N–H and O–H groups in total. The Kier molecular flexibility index (Phi) is 5.22. The zero-order chi connectivity index (χ0) is 18.6. The Morgan fingerprint density at radius 3 is 2.81 bits per heavy atom. The summed E-state index contributed by atoms with van der Waals surface area (Å²) in [5.41, 5.74) is 1.71. The van der Waals surface area contributed by atoms with Crippen LogP contribution in [-0.2, 0) is 11.2 Å². The number of aromatic nitrogens is 2. The Labute approximate surface area is 165 Å². The fraction of sp³-hybridized carbons (Fsp3) is 0.211. The number of hydrogen-bond acceptors (Lipinski definition) is 6. The lowest BCUT2D eigenvalue weighted by atomic mass is 10.1. The topological polar surface area (TPSA) is 73.3 Å². The number of ether oxygens (including phenoxy) is 2. The molecule has 1 aliphatic heterocycles. The fourth-order valence-electron chi connectivity index (χ4n) is 2.71. The largest absolute Gasteiger partial charge is 0.489 e. The van der Waals surface area contributed by atoms with Crippen LogP contribution in [0.5, 0.6) is 11.5 Å². The van der Waals surface area contributed by atoms with Gasteiger partial charge in [-0.05, 0) is 17.7 Å². The molecule has 1 aliphatic rings. The first-order chi connectivity index (χ1) is 13.2. The quantitative estimate of drug-likeness (QED) is 0.709. The van der Waals surface area contributed by atoms with Crippen LogP contribution in [0.25, 0.3) is 10.6 Å². The van der Waals surface area contributed by atoms with Crippen LogP contribution in [0.4, 0.5) is 5.13 Å². The molecule has 3 aromatic rings. The molecule has 27 heavy (non-hydrogen) atoms. The second kappa shape index (κ2) is 7.94. The van der Waals surface area contributed by atoms with E-state index in [1.165, 1.54) is 11.3 Å². The van der Waals surface area contributed by atoms with Crippen LogP contribution in [0.15, 0.2) is 42.5 Å². The van der Waals surface area contributed by atoms with E-state index in [1.54, 1.807) is 12.1 Å². The van der Waals surface area contributed by atoms with Gasteiger partial charge in [0.15, 0.2) is 11.5 Å². The number of anilines is 1. The predicted molar refractivity (Wildman–Crippen MR) is 105 cm³/mol. The normalized spacial score (nSPS) is 13.1. The molecule has 0 saturated carbocycles. The van der Waals surface area contributed by atoms with E-state index in [9.17, 15) is 4.79 Å². The lowest BCUT2D eigenvalue weighted by Crippen LogP contribution is -2.14. The molecule has 0 unspecified atom stereocenters. The second-order valence-electron chi connectivity index (χ2n) is 5.96. The van der Waals surface area contributed by atoms with Gasteiger partial charge in [-0.3, -0.25) is 4.79 Å². The zero-order valence-corrected chi connectivity index (χ0v) is 15.8. The number of halogens is 1. The number of hydrogen-bond donors (Lipinski definition) is 1. The van der Waals surface area contributed by atoms with Crippen LogP contribution in [0.3, 0.4) is 0 Å². The molecule has 0 saturated heterocycles. The van der Waals surface area contributed by atoms with E-state index in [0.29, 0.717) is 34.9 Å². The van der Waals surface area contributed by atoms with Gasteiger partial charge in [0, 0.05) is 12.0 Å². The molecule has 0 bridgehead atoms. The Morgan fingerprint density at radius 1 is 1.15 bits per heavy atom. The van der Waals surface area contributed by atoms with Crippen molar-refractivity contribution in [1.29, 1.82) is 0 Å². The maximum atomic E-state index is 12.4. The van der Waals surface area contributed by atoms with Crippen molar-refractivity contribution in [1.82, 2.24) is 10.2 Å². The van der Waals surface area contributed by atoms with Crippen molar-refractivity contribution in [3.8, 4) is 22.1 Å². The van der Waals surface area contributed by atoms with E-state index in [4.69, 9.17) is 21.1 Å². The van der Waals surface area contributed by atoms with Gasteiger partial charge >= 0.3 is 0 Å². The Bertz CT molecular complexity index is 962. The van der Waals surface area contributed by atoms with Gasteiger partial charge in [0.25, 0.3) is 0 Å². The Balaban J connectivity index is 1.45. The standard InChI is InChI=1S/C19H16ClN3O3S/c20-14-9-12(10-15-17(14)26-8-4-7-25-15)11-16(24)21-19-23-22-18(27-19)13-5-2-1-3-6-13/h1-3,5-6,9-10H,4,7-8,11H2,(H,21,23,24). The second-order valence-corrected chi connectivity index (χ2v) is 7.34. The molecule has 2 aromatic carbocycles. The smallest absolute Gasteiger partial charge is 0.230 e. The van der Waals surface area contributed by atoms with Crippen LogP contribution in [0.1, 0.15) is 12.0 Å². The van der Waals surface area contributed by atoms with Crippen molar-refractivity contribution in [2.24, 2.45) is 0 Å². The highest BCUT2D eigenvalue weighted by molar-refractivity contribution is 7.18. The van der Waals surface area contributed by atoms with Crippen LogP contribution in [0, 0.1) is 0 Å². The van der Waals surface area contributed by atoms with Crippen molar-refractivity contribution >= 4 is 34.0 Å².